The van der Waals surface area contributed by atoms with Crippen LogP contribution in [0.1, 0.15) is 12.5 Å². The van der Waals surface area contributed by atoms with Crippen LogP contribution in [0, 0.1) is 0 Å². The van der Waals surface area contributed by atoms with Gasteiger partial charge in [-0.2, -0.15) is 5.10 Å². The summed E-state index contributed by atoms with van der Waals surface area (Å²) in [5, 5.41) is 4.29. The van der Waals surface area contributed by atoms with E-state index in [1.165, 1.54) is 5.56 Å². The van der Waals surface area contributed by atoms with Gasteiger partial charge in [0.1, 0.15) is 5.75 Å². The molecule has 0 spiro atoms. The lowest BCUT2D eigenvalue weighted by Gasteiger charge is -2.02. The Kier molecular flexibility index (Phi) is 2.72. The van der Waals surface area contributed by atoms with Crippen molar-refractivity contribution in [2.24, 2.45) is 0 Å². The Labute approximate surface area is 89.3 Å². The van der Waals surface area contributed by atoms with Crippen LogP contribution in [-0.4, -0.2) is 16.9 Å². The molecule has 1 aromatic carbocycles. The molecule has 0 unspecified atom stereocenters. The molecule has 15 heavy (non-hydrogen) atoms. The monoisotopic (exact) mass is 202 g/mol. The van der Waals surface area contributed by atoms with Gasteiger partial charge in [0.15, 0.2) is 0 Å². The zero-order chi connectivity index (χ0) is 10.7. The van der Waals surface area contributed by atoms with E-state index in [1.54, 1.807) is 7.11 Å². The molecule has 0 aliphatic carbocycles. The van der Waals surface area contributed by atoms with Gasteiger partial charge >= 0.3 is 0 Å². The van der Waals surface area contributed by atoms with E-state index in [0.29, 0.717) is 0 Å². The standard InChI is InChI=1S/C12H14N2O/c1-3-10-8-13-14(9-10)11-4-6-12(15-2)7-5-11/h4-9H,3H2,1-2H3. The Morgan fingerprint density at radius 2 is 2.00 bits per heavy atom. The first kappa shape index (κ1) is 9.77. The second kappa shape index (κ2) is 4.17. The normalized spacial score (nSPS) is 10.3. The highest BCUT2D eigenvalue weighted by atomic mass is 16.5. The van der Waals surface area contributed by atoms with E-state index in [0.717, 1.165) is 17.9 Å². The lowest BCUT2D eigenvalue weighted by molar-refractivity contribution is 0.414. The Hall–Kier alpha value is -1.77. The van der Waals surface area contributed by atoms with E-state index >= 15 is 0 Å². The first-order valence-electron chi connectivity index (χ1n) is 5.01. The molecule has 1 heterocycles. The van der Waals surface area contributed by atoms with Crippen molar-refractivity contribution in [3.63, 3.8) is 0 Å². The van der Waals surface area contributed by atoms with Crippen molar-refractivity contribution in [3.05, 3.63) is 42.2 Å². The number of rotatable bonds is 3. The van der Waals surface area contributed by atoms with Crippen LogP contribution in [0.3, 0.4) is 0 Å². The van der Waals surface area contributed by atoms with Gasteiger partial charge in [-0.05, 0) is 36.2 Å². The van der Waals surface area contributed by atoms with Gasteiger partial charge in [-0.3, -0.25) is 0 Å². The van der Waals surface area contributed by atoms with Crippen molar-refractivity contribution in [3.8, 4) is 11.4 Å². The van der Waals surface area contributed by atoms with Gasteiger partial charge in [0.2, 0.25) is 0 Å². The van der Waals surface area contributed by atoms with E-state index in [1.807, 2.05) is 41.3 Å². The SMILES string of the molecule is CCc1cnn(-c2ccc(OC)cc2)c1. The molecule has 2 aromatic rings. The quantitative estimate of drug-likeness (QED) is 0.764. The Morgan fingerprint density at radius 3 is 2.53 bits per heavy atom. The van der Waals surface area contributed by atoms with Crippen molar-refractivity contribution in [2.75, 3.05) is 7.11 Å². The third kappa shape index (κ3) is 2.01. The number of aromatic nitrogens is 2. The average Bonchev–Trinajstić information content (AvgIpc) is 2.78. The predicted octanol–water partition coefficient (Wildman–Crippen LogP) is 2.44. The largest absolute Gasteiger partial charge is 0.497 e. The van der Waals surface area contributed by atoms with Crippen molar-refractivity contribution in [1.82, 2.24) is 9.78 Å². The van der Waals surface area contributed by atoms with E-state index < -0.39 is 0 Å². The van der Waals surface area contributed by atoms with Gasteiger partial charge in [-0.1, -0.05) is 6.92 Å². The van der Waals surface area contributed by atoms with Crippen LogP contribution < -0.4 is 4.74 Å². The molecule has 2 rings (SSSR count). The molecule has 3 nitrogen and oxygen atoms in total. The fourth-order valence-electron chi connectivity index (χ4n) is 1.42. The van der Waals surface area contributed by atoms with Crippen molar-refractivity contribution >= 4 is 0 Å². The van der Waals surface area contributed by atoms with Gasteiger partial charge in [-0.15, -0.1) is 0 Å². The Morgan fingerprint density at radius 1 is 1.27 bits per heavy atom. The average molecular weight is 202 g/mol. The number of benzene rings is 1. The van der Waals surface area contributed by atoms with Crippen LogP contribution in [0.4, 0.5) is 0 Å². The highest BCUT2D eigenvalue weighted by molar-refractivity contribution is 5.37. The lowest BCUT2D eigenvalue weighted by Crippen LogP contribution is -1.93. The number of hydrogen-bond acceptors (Lipinski definition) is 2. The molecule has 0 aliphatic heterocycles. The molecule has 1 aromatic heterocycles. The van der Waals surface area contributed by atoms with E-state index in [4.69, 9.17) is 4.74 Å². The minimum atomic E-state index is 0.863. The van der Waals surface area contributed by atoms with Crippen LogP contribution in [-0.2, 0) is 6.42 Å². The first-order chi connectivity index (χ1) is 7.33. The summed E-state index contributed by atoms with van der Waals surface area (Å²) in [6.45, 7) is 2.12. The summed E-state index contributed by atoms with van der Waals surface area (Å²) < 4.78 is 6.98. The number of ether oxygens (including phenoxy) is 1. The van der Waals surface area contributed by atoms with Crippen molar-refractivity contribution in [1.29, 1.82) is 0 Å². The van der Waals surface area contributed by atoms with Gasteiger partial charge in [0.25, 0.3) is 0 Å². The maximum atomic E-state index is 5.10. The summed E-state index contributed by atoms with van der Waals surface area (Å²) in [7, 11) is 1.66. The van der Waals surface area contributed by atoms with Crippen LogP contribution in [0.2, 0.25) is 0 Å². The second-order valence-electron chi connectivity index (χ2n) is 3.34. The van der Waals surface area contributed by atoms with Gasteiger partial charge in [0.05, 0.1) is 19.0 Å². The molecule has 0 fully saturated rings. The highest BCUT2D eigenvalue weighted by Gasteiger charge is 1.99. The summed E-state index contributed by atoms with van der Waals surface area (Å²) in [6, 6.07) is 7.85. The molecule has 0 saturated heterocycles. The van der Waals surface area contributed by atoms with Crippen LogP contribution in [0.25, 0.3) is 5.69 Å². The minimum Gasteiger partial charge on any atom is -0.497 e. The van der Waals surface area contributed by atoms with Crippen LogP contribution in [0.15, 0.2) is 36.7 Å². The highest BCUT2D eigenvalue weighted by Crippen LogP contribution is 2.14. The molecule has 0 amide bonds. The Balaban J connectivity index is 2.28. The van der Waals surface area contributed by atoms with Crippen molar-refractivity contribution < 1.29 is 4.74 Å². The predicted molar refractivity (Wildman–Crippen MR) is 59.5 cm³/mol. The van der Waals surface area contributed by atoms with E-state index in [2.05, 4.69) is 12.0 Å². The number of nitrogens with zero attached hydrogens (tertiary/aromatic N) is 2. The van der Waals surface area contributed by atoms with E-state index in [-0.39, 0.29) is 0 Å². The van der Waals surface area contributed by atoms with Crippen LogP contribution in [0.5, 0.6) is 5.75 Å². The maximum Gasteiger partial charge on any atom is 0.119 e. The molecule has 3 heteroatoms. The third-order valence-corrected chi connectivity index (χ3v) is 2.38. The molecule has 0 atom stereocenters. The first-order valence-corrected chi connectivity index (χ1v) is 5.01. The summed E-state index contributed by atoms with van der Waals surface area (Å²) in [6.07, 6.45) is 4.95. The minimum absolute atomic E-state index is 0.863. The molecular formula is C12H14N2O. The number of methoxy groups -OCH3 is 1. The van der Waals surface area contributed by atoms with Gasteiger partial charge < -0.3 is 4.74 Å². The topological polar surface area (TPSA) is 27.1 Å². The van der Waals surface area contributed by atoms with Crippen molar-refractivity contribution in [2.45, 2.75) is 13.3 Å². The fraction of sp³-hybridized carbons (Fsp3) is 0.250. The summed E-state index contributed by atoms with van der Waals surface area (Å²) >= 11 is 0. The molecule has 78 valence electrons. The maximum absolute atomic E-state index is 5.10. The zero-order valence-electron chi connectivity index (χ0n) is 8.97. The zero-order valence-corrected chi connectivity index (χ0v) is 8.97. The second-order valence-corrected chi connectivity index (χ2v) is 3.34. The molecule has 0 saturated carbocycles. The van der Waals surface area contributed by atoms with Gasteiger partial charge in [-0.25, -0.2) is 4.68 Å². The molecule has 0 radical (unpaired) electrons. The van der Waals surface area contributed by atoms with Crippen LogP contribution >= 0.6 is 0 Å². The van der Waals surface area contributed by atoms with Gasteiger partial charge in [0, 0.05) is 6.20 Å². The molecule has 0 aliphatic rings. The smallest absolute Gasteiger partial charge is 0.119 e. The number of hydrogen-bond donors (Lipinski definition) is 0. The third-order valence-electron chi connectivity index (χ3n) is 2.38. The molecule has 0 N–H and O–H groups in total. The summed E-state index contributed by atoms with van der Waals surface area (Å²) in [5.41, 5.74) is 2.29. The Bertz CT molecular complexity index is 431. The summed E-state index contributed by atoms with van der Waals surface area (Å²) in [4.78, 5) is 0. The fourth-order valence-corrected chi connectivity index (χ4v) is 1.42. The number of aryl methyl sites for hydroxylation is 1. The lowest BCUT2D eigenvalue weighted by atomic mass is 10.3. The summed E-state index contributed by atoms with van der Waals surface area (Å²) in [5.74, 6) is 0.863. The molecular weight excluding hydrogens is 188 g/mol. The van der Waals surface area contributed by atoms with E-state index in [9.17, 15) is 0 Å². The molecule has 0 bridgehead atoms.